The number of fused-ring (bicyclic) bond motifs is 1. The summed E-state index contributed by atoms with van der Waals surface area (Å²) in [4.78, 5) is 5.30. The average Bonchev–Trinajstić information content (AvgIpc) is 3.30. The van der Waals surface area contributed by atoms with Crippen LogP contribution in [0.25, 0.3) is 15.5 Å². The first-order valence-electron chi connectivity index (χ1n) is 8.13. The fourth-order valence-corrected chi connectivity index (χ4v) is 5.28. The van der Waals surface area contributed by atoms with Crippen LogP contribution in [0.3, 0.4) is 0 Å². The van der Waals surface area contributed by atoms with E-state index in [1.165, 1.54) is 5.56 Å². The lowest BCUT2D eigenvalue weighted by Gasteiger charge is -2.18. The Balaban J connectivity index is 1.57. The molecule has 3 aromatic rings. The van der Waals surface area contributed by atoms with Crippen LogP contribution in [-0.2, 0) is 11.2 Å². The fourth-order valence-electron chi connectivity index (χ4n) is 2.51. The summed E-state index contributed by atoms with van der Waals surface area (Å²) in [6.07, 6.45) is 0. The monoisotopic (exact) mass is 389 g/mol. The third-order valence-electron chi connectivity index (χ3n) is 3.94. The summed E-state index contributed by atoms with van der Waals surface area (Å²) in [5, 5.41) is 14.3. The lowest BCUT2D eigenvalue weighted by molar-refractivity contribution is 0.590. The molecule has 5 nitrogen and oxygen atoms in total. The Morgan fingerprint density at radius 3 is 2.64 bits per heavy atom. The zero-order valence-electron chi connectivity index (χ0n) is 14.4. The molecule has 1 aliphatic heterocycles. The van der Waals surface area contributed by atoms with Gasteiger partial charge in [0, 0.05) is 11.3 Å². The second kappa shape index (κ2) is 6.74. The van der Waals surface area contributed by atoms with Crippen LogP contribution in [0.15, 0.2) is 29.3 Å². The number of aliphatic imine (C=N–C) groups is 1. The molecule has 0 aliphatic carbocycles. The van der Waals surface area contributed by atoms with Crippen molar-refractivity contribution in [1.82, 2.24) is 19.8 Å². The van der Waals surface area contributed by atoms with E-state index in [1.54, 1.807) is 23.1 Å². The van der Waals surface area contributed by atoms with Crippen molar-refractivity contribution >= 4 is 44.2 Å². The number of aromatic nitrogens is 4. The Hall–Kier alpha value is -1.38. The predicted octanol–water partition coefficient (Wildman–Crippen LogP) is 4.49. The third-order valence-corrected chi connectivity index (χ3v) is 7.13. The van der Waals surface area contributed by atoms with E-state index in [1.807, 2.05) is 16.3 Å². The van der Waals surface area contributed by atoms with E-state index in [0.29, 0.717) is 0 Å². The molecule has 0 amide bonds. The zero-order valence-corrected chi connectivity index (χ0v) is 16.8. The predicted molar refractivity (Wildman–Crippen MR) is 109 cm³/mol. The highest BCUT2D eigenvalue weighted by Gasteiger charge is 2.17. The lowest BCUT2D eigenvalue weighted by atomic mass is 9.87. The highest BCUT2D eigenvalue weighted by molar-refractivity contribution is 8.38. The van der Waals surface area contributed by atoms with Crippen LogP contribution in [0.5, 0.6) is 0 Å². The van der Waals surface area contributed by atoms with Crippen LogP contribution in [0.1, 0.15) is 32.2 Å². The van der Waals surface area contributed by atoms with Gasteiger partial charge in [0.15, 0.2) is 5.82 Å². The summed E-state index contributed by atoms with van der Waals surface area (Å²) in [5.74, 6) is 2.71. The van der Waals surface area contributed by atoms with E-state index >= 15 is 0 Å². The standard InChI is InChI=1S/C17H19N5S3/c1-17(2,3)12-6-4-11(5-7-12)14-21-22-13(19-20-15(22)25-14)10-24-16-18-8-9-23-16/h4-7H,8-10H2,1-3H3. The Labute approximate surface area is 159 Å². The Morgan fingerprint density at radius 1 is 1.16 bits per heavy atom. The summed E-state index contributed by atoms with van der Waals surface area (Å²) >= 11 is 5.11. The number of nitrogens with zero attached hydrogens (tertiary/aromatic N) is 5. The molecule has 0 N–H and O–H groups in total. The molecule has 25 heavy (non-hydrogen) atoms. The summed E-state index contributed by atoms with van der Waals surface area (Å²) in [6.45, 7) is 7.60. The van der Waals surface area contributed by atoms with Crippen molar-refractivity contribution in [3.8, 4) is 10.6 Å². The number of hydrogen-bond donors (Lipinski definition) is 0. The molecular formula is C17H19N5S3. The molecule has 130 valence electrons. The molecule has 1 aromatic carbocycles. The molecule has 2 aromatic heterocycles. The minimum atomic E-state index is 0.158. The highest BCUT2D eigenvalue weighted by atomic mass is 32.2. The maximum Gasteiger partial charge on any atom is 0.235 e. The van der Waals surface area contributed by atoms with Gasteiger partial charge in [0.25, 0.3) is 0 Å². The van der Waals surface area contributed by atoms with Crippen LogP contribution in [0.2, 0.25) is 0 Å². The van der Waals surface area contributed by atoms with Gasteiger partial charge in [-0.05, 0) is 11.0 Å². The third kappa shape index (κ3) is 3.61. The van der Waals surface area contributed by atoms with Gasteiger partial charge in [-0.3, -0.25) is 4.99 Å². The first kappa shape index (κ1) is 17.1. The minimum absolute atomic E-state index is 0.158. The van der Waals surface area contributed by atoms with Crippen molar-refractivity contribution in [2.75, 3.05) is 12.3 Å². The van der Waals surface area contributed by atoms with E-state index in [0.717, 1.165) is 43.8 Å². The quantitative estimate of drug-likeness (QED) is 0.661. The fraction of sp³-hybridized carbons (Fsp3) is 0.412. The maximum atomic E-state index is 4.73. The molecule has 0 spiro atoms. The van der Waals surface area contributed by atoms with Gasteiger partial charge in [-0.25, -0.2) is 0 Å². The summed E-state index contributed by atoms with van der Waals surface area (Å²) < 4.78 is 3.01. The molecule has 4 rings (SSSR count). The van der Waals surface area contributed by atoms with Gasteiger partial charge in [0.2, 0.25) is 4.96 Å². The van der Waals surface area contributed by atoms with E-state index in [4.69, 9.17) is 5.10 Å². The van der Waals surface area contributed by atoms with Gasteiger partial charge < -0.3 is 0 Å². The van der Waals surface area contributed by atoms with Crippen molar-refractivity contribution < 1.29 is 0 Å². The molecule has 0 fully saturated rings. The number of thioether (sulfide) groups is 2. The van der Waals surface area contributed by atoms with Crippen LogP contribution < -0.4 is 0 Å². The molecule has 0 bridgehead atoms. The Kier molecular flexibility index (Phi) is 4.59. The molecule has 0 unspecified atom stereocenters. The van der Waals surface area contributed by atoms with Crippen LogP contribution in [-0.4, -0.2) is 36.5 Å². The van der Waals surface area contributed by atoms with Crippen molar-refractivity contribution in [3.63, 3.8) is 0 Å². The van der Waals surface area contributed by atoms with Gasteiger partial charge in [-0.2, -0.15) is 9.61 Å². The van der Waals surface area contributed by atoms with Crippen molar-refractivity contribution in [2.45, 2.75) is 31.9 Å². The van der Waals surface area contributed by atoms with Crippen LogP contribution >= 0.6 is 34.9 Å². The maximum absolute atomic E-state index is 4.73. The van der Waals surface area contributed by atoms with E-state index < -0.39 is 0 Å². The summed E-state index contributed by atoms with van der Waals surface area (Å²) in [6, 6.07) is 8.66. The SMILES string of the molecule is CC(C)(C)c1ccc(-c2nn3c(CSC4=NCCS4)nnc3s2)cc1. The zero-order chi connectivity index (χ0) is 17.4. The summed E-state index contributed by atoms with van der Waals surface area (Å²) in [5.41, 5.74) is 2.61. The van der Waals surface area contributed by atoms with E-state index in [-0.39, 0.29) is 5.41 Å². The highest BCUT2D eigenvalue weighted by Crippen LogP contribution is 2.30. The number of hydrogen-bond acceptors (Lipinski definition) is 7. The molecule has 0 saturated heterocycles. The van der Waals surface area contributed by atoms with Crippen LogP contribution in [0, 0.1) is 0 Å². The van der Waals surface area contributed by atoms with Crippen LogP contribution in [0.4, 0.5) is 0 Å². The van der Waals surface area contributed by atoms with Gasteiger partial charge in [-0.1, -0.05) is 79.9 Å². The van der Waals surface area contributed by atoms with Crippen molar-refractivity contribution in [2.24, 2.45) is 4.99 Å². The number of rotatable bonds is 3. The van der Waals surface area contributed by atoms with Gasteiger partial charge in [0.05, 0.1) is 12.3 Å². The van der Waals surface area contributed by atoms with Crippen molar-refractivity contribution in [1.29, 1.82) is 0 Å². The second-order valence-corrected chi connectivity index (χ2v) is 10.1. The topological polar surface area (TPSA) is 55.4 Å². The first-order chi connectivity index (χ1) is 12.0. The minimum Gasteiger partial charge on any atom is -0.271 e. The van der Waals surface area contributed by atoms with E-state index in [2.05, 4.69) is 60.2 Å². The smallest absolute Gasteiger partial charge is 0.235 e. The molecule has 0 atom stereocenters. The van der Waals surface area contributed by atoms with E-state index in [9.17, 15) is 0 Å². The Bertz CT molecular complexity index is 918. The van der Waals surface area contributed by atoms with Crippen molar-refractivity contribution in [3.05, 3.63) is 35.7 Å². The van der Waals surface area contributed by atoms with Gasteiger partial charge in [-0.15, -0.1) is 10.2 Å². The number of benzene rings is 1. The molecular weight excluding hydrogens is 370 g/mol. The molecule has 0 radical (unpaired) electrons. The largest absolute Gasteiger partial charge is 0.271 e. The molecule has 0 saturated carbocycles. The van der Waals surface area contributed by atoms with Gasteiger partial charge in [0.1, 0.15) is 9.38 Å². The average molecular weight is 390 g/mol. The molecule has 1 aliphatic rings. The Morgan fingerprint density at radius 2 is 1.96 bits per heavy atom. The normalized spacial score (nSPS) is 15.1. The molecule has 3 heterocycles. The summed E-state index contributed by atoms with van der Waals surface area (Å²) in [7, 11) is 0. The van der Waals surface area contributed by atoms with Gasteiger partial charge >= 0.3 is 0 Å². The first-order valence-corrected chi connectivity index (χ1v) is 10.9. The lowest BCUT2D eigenvalue weighted by Crippen LogP contribution is -2.10. The second-order valence-electron chi connectivity index (χ2n) is 6.83. The molecule has 8 heteroatoms.